The van der Waals surface area contributed by atoms with Crippen molar-refractivity contribution in [1.29, 1.82) is 0 Å². The minimum atomic E-state index is -0.537. The third-order valence-electron chi connectivity index (χ3n) is 13.2. The molecule has 4 aromatic rings. The van der Waals surface area contributed by atoms with E-state index in [1.165, 1.54) is 49.9 Å². The van der Waals surface area contributed by atoms with Crippen LogP contribution in [0.25, 0.3) is 0 Å². The van der Waals surface area contributed by atoms with Crippen molar-refractivity contribution < 1.29 is 38.1 Å². The van der Waals surface area contributed by atoms with Crippen molar-refractivity contribution in [2.75, 3.05) is 26.4 Å². The van der Waals surface area contributed by atoms with Crippen LogP contribution in [0.5, 0.6) is 0 Å². The summed E-state index contributed by atoms with van der Waals surface area (Å²) in [6, 6.07) is 16.0. The van der Waals surface area contributed by atoms with E-state index in [9.17, 15) is 19.2 Å². The summed E-state index contributed by atoms with van der Waals surface area (Å²) in [7, 11) is 0. The molecular formula is C74H78N2O8. The van der Waals surface area contributed by atoms with E-state index in [2.05, 4.69) is 132 Å². The van der Waals surface area contributed by atoms with Crippen molar-refractivity contribution in [3.05, 3.63) is 128 Å². The number of nitrogens with zero attached hydrogens (tertiary/aromatic N) is 2. The monoisotopic (exact) mass is 1120 g/mol. The molecule has 0 atom stereocenters. The molecule has 10 heteroatoms. The van der Waals surface area contributed by atoms with Crippen LogP contribution < -0.4 is 0 Å². The Balaban J connectivity index is 1.57. The molecule has 0 spiro atoms. The van der Waals surface area contributed by atoms with Gasteiger partial charge in [-0.15, -0.1) is 0 Å². The van der Waals surface area contributed by atoms with Crippen LogP contribution in [0, 0.1) is 94.7 Å². The van der Waals surface area contributed by atoms with Crippen LogP contribution in [-0.2, 0) is 18.9 Å². The summed E-state index contributed by atoms with van der Waals surface area (Å²) >= 11 is 0. The smallest absolute Gasteiger partial charge is 0.338 e. The Labute approximate surface area is 500 Å². The summed E-state index contributed by atoms with van der Waals surface area (Å²) in [4.78, 5) is 63.0. The molecule has 2 aromatic carbocycles. The highest BCUT2D eigenvalue weighted by Gasteiger charge is 2.14. The minimum absolute atomic E-state index is 0.215. The molecule has 0 unspecified atom stereocenters. The van der Waals surface area contributed by atoms with Crippen LogP contribution in [0.2, 0.25) is 0 Å². The molecule has 0 amide bonds. The number of benzene rings is 2. The van der Waals surface area contributed by atoms with Gasteiger partial charge >= 0.3 is 23.9 Å². The van der Waals surface area contributed by atoms with E-state index in [0.717, 1.165) is 128 Å². The number of esters is 4. The highest BCUT2D eigenvalue weighted by Crippen LogP contribution is 2.16. The molecule has 8 bridgehead atoms. The summed E-state index contributed by atoms with van der Waals surface area (Å²) in [6.45, 7) is 9.78. The second-order valence-corrected chi connectivity index (χ2v) is 20.5. The van der Waals surface area contributed by atoms with Crippen LogP contribution in [0.1, 0.15) is 268 Å². The quantitative estimate of drug-likeness (QED) is 0.0202. The fourth-order valence-electron chi connectivity index (χ4n) is 8.65. The molecule has 10 nitrogen and oxygen atoms in total. The molecule has 1 aliphatic heterocycles. The van der Waals surface area contributed by atoms with E-state index in [1.807, 2.05) is 0 Å². The summed E-state index contributed by atoms with van der Waals surface area (Å²) in [5, 5.41) is 0. The van der Waals surface area contributed by atoms with Gasteiger partial charge in [0.25, 0.3) is 0 Å². The zero-order valence-electron chi connectivity index (χ0n) is 49.7. The van der Waals surface area contributed by atoms with Crippen molar-refractivity contribution in [1.82, 2.24) is 9.97 Å². The lowest BCUT2D eigenvalue weighted by molar-refractivity contribution is 0.0488. The van der Waals surface area contributed by atoms with Gasteiger partial charge in [-0.3, -0.25) is 0 Å². The van der Waals surface area contributed by atoms with Crippen LogP contribution in [0.3, 0.4) is 0 Å². The molecule has 0 N–H and O–H groups in total. The first-order valence-electron chi connectivity index (χ1n) is 30.3. The first-order valence-corrected chi connectivity index (χ1v) is 30.3. The predicted octanol–water partition coefficient (Wildman–Crippen LogP) is 14.5. The van der Waals surface area contributed by atoms with Gasteiger partial charge in [-0.25, -0.2) is 29.1 Å². The van der Waals surface area contributed by atoms with Gasteiger partial charge < -0.3 is 18.9 Å². The van der Waals surface area contributed by atoms with E-state index >= 15 is 0 Å². The van der Waals surface area contributed by atoms with Gasteiger partial charge in [0.05, 0.1) is 48.7 Å². The fourth-order valence-corrected chi connectivity index (χ4v) is 8.65. The minimum Gasteiger partial charge on any atom is -0.462 e. The average molecular weight is 1120 g/mol. The Kier molecular flexibility index (Phi) is 31.6. The standard InChI is InChI=1S/C74H78N2O8/c1-5-9-13-17-21-33-45-81-71(77)63-51-59-37-25-29-41-67-55-65(73(79)83-47-35-23-19-15-11-7-3)57-69(75-67)43-31-27-39-61-50-62(54-64(53-61)72(78)82-46-34-22-18-14-10-6-2)40-28-32-44-70-58-66(74(80)84-48-36-24-20-16-12-8-4)56-68(76-70)42-30-26-38-60(49-59)52-63/h49-58H,5-24,33-36,45-48H2,1-4H3. The van der Waals surface area contributed by atoms with E-state index in [-0.39, 0.29) is 71.5 Å². The number of fused-ring (bicyclic) bond motifs is 8. The molecule has 0 aliphatic carbocycles. The van der Waals surface area contributed by atoms with Gasteiger partial charge in [-0.2, -0.15) is 0 Å². The van der Waals surface area contributed by atoms with Crippen molar-refractivity contribution >= 4 is 23.9 Å². The molecule has 2 aromatic heterocycles. The normalized spacial score (nSPS) is 10.7. The van der Waals surface area contributed by atoms with Crippen molar-refractivity contribution in [2.45, 2.75) is 182 Å². The first-order chi connectivity index (χ1) is 41.2. The van der Waals surface area contributed by atoms with Crippen LogP contribution >= 0.6 is 0 Å². The SMILES string of the molecule is CCCCCCCCOC(=O)c1cc2cc(c1)C#CC#Cc1cc(C(=O)OCCCCCCCC)cc(n1)C#CC#Cc1cc(cc(C(=O)OCCCCCCCC)c1)C#CC#Cc1cc(C(=O)OCCCCCCCC)cc(n1)C#CC#C2. The largest absolute Gasteiger partial charge is 0.462 e. The third-order valence-corrected chi connectivity index (χ3v) is 13.2. The summed E-state index contributed by atoms with van der Waals surface area (Å²) in [6.07, 6.45) is 25.0. The molecule has 3 heterocycles. The number of carbonyl (C=O) groups is 4. The van der Waals surface area contributed by atoms with Gasteiger partial charge in [0, 0.05) is 22.3 Å². The molecule has 1 aliphatic rings. The maximum Gasteiger partial charge on any atom is 0.338 e. The number of carbonyl (C=O) groups excluding carboxylic acids is 4. The van der Waals surface area contributed by atoms with Gasteiger partial charge in [-0.1, -0.05) is 180 Å². The molecule has 84 heavy (non-hydrogen) atoms. The van der Waals surface area contributed by atoms with Crippen LogP contribution in [-0.4, -0.2) is 60.3 Å². The Morgan fingerprint density at radius 1 is 0.274 bits per heavy atom. The molecule has 0 saturated heterocycles. The third kappa shape index (κ3) is 26.8. The number of rotatable bonds is 32. The highest BCUT2D eigenvalue weighted by molar-refractivity contribution is 5.92. The van der Waals surface area contributed by atoms with Gasteiger partial charge in [0.15, 0.2) is 0 Å². The summed E-state index contributed by atoms with van der Waals surface area (Å²) in [5.41, 5.74) is 3.58. The Morgan fingerprint density at radius 3 is 0.714 bits per heavy atom. The number of ether oxygens (including phenoxy) is 4. The molecule has 432 valence electrons. The van der Waals surface area contributed by atoms with E-state index in [1.54, 1.807) is 36.4 Å². The van der Waals surface area contributed by atoms with Gasteiger partial charge in [-0.05, 0) is 157 Å². The van der Waals surface area contributed by atoms with Crippen molar-refractivity contribution in [3.8, 4) is 94.7 Å². The van der Waals surface area contributed by atoms with E-state index < -0.39 is 23.9 Å². The number of aromatic nitrogens is 2. The number of unbranched alkanes of at least 4 members (excludes halogenated alkanes) is 20. The zero-order valence-corrected chi connectivity index (χ0v) is 49.7. The van der Waals surface area contributed by atoms with Crippen LogP contribution in [0.4, 0.5) is 0 Å². The number of pyridine rings is 2. The van der Waals surface area contributed by atoms with Gasteiger partial charge in [0.1, 0.15) is 22.8 Å². The Hall–Kier alpha value is -8.90. The second-order valence-electron chi connectivity index (χ2n) is 20.5. The zero-order chi connectivity index (χ0) is 59.7. The fraction of sp³-hybridized carbons (Fsp3) is 0.432. The second kappa shape index (κ2) is 40.3. The molecule has 0 fully saturated rings. The van der Waals surface area contributed by atoms with E-state index in [0.29, 0.717) is 22.3 Å². The lowest BCUT2D eigenvalue weighted by Gasteiger charge is -2.06. The number of hydrogen-bond donors (Lipinski definition) is 0. The summed E-state index contributed by atoms with van der Waals surface area (Å²) in [5.74, 6) is 44.5. The lowest BCUT2D eigenvalue weighted by Crippen LogP contribution is -2.08. The van der Waals surface area contributed by atoms with Gasteiger partial charge in [0.2, 0.25) is 0 Å². The molecule has 0 saturated carbocycles. The molecular weight excluding hydrogens is 1040 g/mol. The maximum atomic E-state index is 13.5. The molecule has 0 radical (unpaired) electrons. The first kappa shape index (κ1) is 65.9. The number of hydrogen-bond acceptors (Lipinski definition) is 10. The molecule has 5 rings (SSSR count). The average Bonchev–Trinajstić information content (AvgIpc) is 3.63. The van der Waals surface area contributed by atoms with Crippen molar-refractivity contribution in [2.24, 2.45) is 0 Å². The van der Waals surface area contributed by atoms with Crippen LogP contribution in [0.15, 0.2) is 60.7 Å². The Morgan fingerprint density at radius 2 is 0.476 bits per heavy atom. The predicted molar refractivity (Wildman–Crippen MR) is 331 cm³/mol. The van der Waals surface area contributed by atoms with E-state index in [4.69, 9.17) is 18.9 Å². The maximum absolute atomic E-state index is 13.5. The topological polar surface area (TPSA) is 131 Å². The summed E-state index contributed by atoms with van der Waals surface area (Å²) < 4.78 is 22.7. The Bertz CT molecular complexity index is 2800. The van der Waals surface area contributed by atoms with Crippen molar-refractivity contribution in [3.63, 3.8) is 0 Å². The highest BCUT2D eigenvalue weighted by atomic mass is 16.5. The lowest BCUT2D eigenvalue weighted by atomic mass is 10.1.